The standard InChI is InChI=1S/C19H35N3O2/c23-14-15-6-2-3-7-18(15)21-19(24)20-16-8-10-17(11-9-16)22-12-4-1-5-13-22/h15-18,23H,1-14H2,(H2,20,21,24)/t15-,16?,17?,18-/m1/s1. The number of hydrogen-bond donors (Lipinski definition) is 3. The first-order valence-electron chi connectivity index (χ1n) is 10.2. The number of nitrogens with one attached hydrogen (secondary N) is 2. The molecule has 3 aliphatic rings. The summed E-state index contributed by atoms with van der Waals surface area (Å²) >= 11 is 0. The Morgan fingerprint density at radius 1 is 0.875 bits per heavy atom. The molecule has 0 aromatic rings. The van der Waals surface area contributed by atoms with E-state index in [1.807, 2.05) is 0 Å². The van der Waals surface area contributed by atoms with Crippen LogP contribution in [0.1, 0.15) is 70.6 Å². The summed E-state index contributed by atoms with van der Waals surface area (Å²) in [5.41, 5.74) is 0. The molecule has 3 fully saturated rings. The Kier molecular flexibility index (Phi) is 6.78. The van der Waals surface area contributed by atoms with Gasteiger partial charge in [-0.25, -0.2) is 4.79 Å². The van der Waals surface area contributed by atoms with Crippen LogP contribution in [0.15, 0.2) is 0 Å². The SMILES string of the molecule is O=C(NC1CCC(N2CCCCC2)CC1)N[C@@H]1CCCC[C@@H]1CO. The van der Waals surface area contributed by atoms with Crippen LogP contribution in [-0.2, 0) is 0 Å². The molecule has 1 heterocycles. The van der Waals surface area contributed by atoms with Crippen LogP contribution in [0.25, 0.3) is 0 Å². The van der Waals surface area contributed by atoms with Crippen molar-refractivity contribution in [3.63, 3.8) is 0 Å². The van der Waals surface area contributed by atoms with Crippen molar-refractivity contribution in [1.82, 2.24) is 15.5 Å². The summed E-state index contributed by atoms with van der Waals surface area (Å²) in [6, 6.07) is 1.18. The van der Waals surface area contributed by atoms with Gasteiger partial charge >= 0.3 is 6.03 Å². The lowest BCUT2D eigenvalue weighted by Gasteiger charge is -2.39. The molecule has 0 bridgehead atoms. The van der Waals surface area contributed by atoms with Gasteiger partial charge in [0.05, 0.1) is 0 Å². The van der Waals surface area contributed by atoms with Gasteiger partial charge in [-0.3, -0.25) is 0 Å². The van der Waals surface area contributed by atoms with Gasteiger partial charge in [0.1, 0.15) is 0 Å². The van der Waals surface area contributed by atoms with Crippen molar-refractivity contribution in [3.8, 4) is 0 Å². The third kappa shape index (κ3) is 4.85. The molecular formula is C19H35N3O2. The predicted octanol–water partition coefficient (Wildman–Crippen LogP) is 2.63. The molecule has 0 unspecified atom stereocenters. The van der Waals surface area contributed by atoms with Crippen LogP contribution in [0.2, 0.25) is 0 Å². The first-order valence-corrected chi connectivity index (χ1v) is 10.2. The van der Waals surface area contributed by atoms with Gasteiger partial charge in [0.25, 0.3) is 0 Å². The number of aliphatic hydroxyl groups is 1. The van der Waals surface area contributed by atoms with Gasteiger partial charge in [0.15, 0.2) is 0 Å². The Labute approximate surface area is 146 Å². The van der Waals surface area contributed by atoms with Gasteiger partial charge in [-0.05, 0) is 64.5 Å². The fraction of sp³-hybridized carbons (Fsp3) is 0.947. The second kappa shape index (κ2) is 9.04. The van der Waals surface area contributed by atoms with Gasteiger partial charge < -0.3 is 20.6 Å². The number of nitrogens with zero attached hydrogens (tertiary/aromatic N) is 1. The molecule has 2 amide bonds. The first kappa shape index (κ1) is 18.0. The molecule has 2 atom stereocenters. The van der Waals surface area contributed by atoms with Crippen molar-refractivity contribution in [3.05, 3.63) is 0 Å². The van der Waals surface area contributed by atoms with Crippen LogP contribution in [0.3, 0.4) is 0 Å². The van der Waals surface area contributed by atoms with E-state index >= 15 is 0 Å². The number of amides is 2. The average Bonchev–Trinajstić information content (AvgIpc) is 2.63. The summed E-state index contributed by atoms with van der Waals surface area (Å²) in [7, 11) is 0. The monoisotopic (exact) mass is 337 g/mol. The lowest BCUT2D eigenvalue weighted by atomic mass is 9.85. The summed E-state index contributed by atoms with van der Waals surface area (Å²) in [6.45, 7) is 2.73. The number of likely N-dealkylation sites (tertiary alicyclic amines) is 1. The van der Waals surface area contributed by atoms with Crippen molar-refractivity contribution in [2.75, 3.05) is 19.7 Å². The average molecular weight is 338 g/mol. The molecule has 3 rings (SSSR count). The van der Waals surface area contributed by atoms with Crippen LogP contribution in [0, 0.1) is 5.92 Å². The zero-order valence-electron chi connectivity index (χ0n) is 15.0. The van der Waals surface area contributed by atoms with E-state index in [2.05, 4.69) is 15.5 Å². The molecule has 0 aromatic heterocycles. The van der Waals surface area contributed by atoms with Crippen LogP contribution in [-0.4, -0.2) is 53.9 Å². The Hall–Kier alpha value is -0.810. The topological polar surface area (TPSA) is 64.6 Å². The van der Waals surface area contributed by atoms with Crippen molar-refractivity contribution >= 4 is 6.03 Å². The van der Waals surface area contributed by atoms with Gasteiger partial charge in [-0.1, -0.05) is 19.3 Å². The van der Waals surface area contributed by atoms with E-state index in [1.54, 1.807) is 0 Å². The van der Waals surface area contributed by atoms with Crippen molar-refractivity contribution < 1.29 is 9.90 Å². The zero-order valence-corrected chi connectivity index (χ0v) is 15.0. The van der Waals surface area contributed by atoms with Crippen molar-refractivity contribution in [2.24, 2.45) is 5.92 Å². The number of carbonyl (C=O) groups excluding carboxylic acids is 1. The number of urea groups is 1. The summed E-state index contributed by atoms with van der Waals surface area (Å²) < 4.78 is 0. The van der Waals surface area contributed by atoms with Crippen molar-refractivity contribution in [2.45, 2.75) is 88.8 Å². The normalized spacial score (nSPS) is 35.4. The maximum absolute atomic E-state index is 12.3. The minimum Gasteiger partial charge on any atom is -0.396 e. The Morgan fingerprint density at radius 2 is 1.58 bits per heavy atom. The van der Waals surface area contributed by atoms with E-state index in [9.17, 15) is 9.90 Å². The van der Waals surface area contributed by atoms with Gasteiger partial charge in [-0.2, -0.15) is 0 Å². The van der Waals surface area contributed by atoms with Gasteiger partial charge in [0, 0.05) is 30.7 Å². The number of aliphatic hydroxyl groups excluding tert-OH is 1. The quantitative estimate of drug-likeness (QED) is 0.739. The molecule has 0 spiro atoms. The maximum atomic E-state index is 12.3. The van der Waals surface area contributed by atoms with Crippen LogP contribution in [0.5, 0.6) is 0 Å². The molecule has 5 nitrogen and oxygen atoms in total. The molecule has 1 aliphatic heterocycles. The molecule has 0 radical (unpaired) electrons. The lowest BCUT2D eigenvalue weighted by Crippen LogP contribution is -2.51. The van der Waals surface area contributed by atoms with Gasteiger partial charge in [0.2, 0.25) is 0 Å². The van der Waals surface area contributed by atoms with E-state index in [0.717, 1.165) is 38.1 Å². The summed E-state index contributed by atoms with van der Waals surface area (Å²) in [5.74, 6) is 0.235. The number of hydrogen-bond acceptors (Lipinski definition) is 3. The van der Waals surface area contributed by atoms with Crippen LogP contribution >= 0.6 is 0 Å². The number of carbonyl (C=O) groups is 1. The molecule has 2 saturated carbocycles. The molecule has 1 saturated heterocycles. The summed E-state index contributed by atoms with van der Waals surface area (Å²) in [4.78, 5) is 15.0. The highest BCUT2D eigenvalue weighted by Crippen LogP contribution is 2.26. The highest BCUT2D eigenvalue weighted by Gasteiger charge is 2.29. The van der Waals surface area contributed by atoms with E-state index in [1.165, 1.54) is 51.6 Å². The molecule has 3 N–H and O–H groups in total. The molecule has 138 valence electrons. The molecule has 2 aliphatic carbocycles. The van der Waals surface area contributed by atoms with E-state index < -0.39 is 0 Å². The second-order valence-corrected chi connectivity index (χ2v) is 8.05. The number of piperidine rings is 1. The maximum Gasteiger partial charge on any atom is 0.315 e. The van der Waals surface area contributed by atoms with E-state index in [-0.39, 0.29) is 24.6 Å². The van der Waals surface area contributed by atoms with Crippen molar-refractivity contribution in [1.29, 1.82) is 0 Å². The minimum atomic E-state index is -0.0261. The highest BCUT2D eigenvalue weighted by molar-refractivity contribution is 5.74. The molecule has 5 heteroatoms. The largest absolute Gasteiger partial charge is 0.396 e. The van der Waals surface area contributed by atoms with Gasteiger partial charge in [-0.15, -0.1) is 0 Å². The Morgan fingerprint density at radius 3 is 2.29 bits per heavy atom. The van der Waals surface area contributed by atoms with E-state index in [4.69, 9.17) is 0 Å². The van der Waals surface area contributed by atoms with Crippen LogP contribution < -0.4 is 10.6 Å². The molecule has 0 aromatic carbocycles. The Balaban J connectivity index is 1.38. The third-order valence-corrected chi connectivity index (χ3v) is 6.40. The highest BCUT2D eigenvalue weighted by atomic mass is 16.3. The smallest absolute Gasteiger partial charge is 0.315 e. The predicted molar refractivity (Wildman–Crippen MR) is 96.0 cm³/mol. The minimum absolute atomic E-state index is 0.0261. The second-order valence-electron chi connectivity index (χ2n) is 8.05. The summed E-state index contributed by atoms with van der Waals surface area (Å²) in [5, 5.41) is 15.8. The molecule has 24 heavy (non-hydrogen) atoms. The zero-order chi connectivity index (χ0) is 16.8. The fourth-order valence-electron chi connectivity index (χ4n) is 4.88. The van der Waals surface area contributed by atoms with Crippen LogP contribution in [0.4, 0.5) is 4.79 Å². The molecular weight excluding hydrogens is 302 g/mol. The van der Waals surface area contributed by atoms with E-state index in [0.29, 0.717) is 6.04 Å². The Bertz CT molecular complexity index is 390. The lowest BCUT2D eigenvalue weighted by molar-refractivity contribution is 0.120. The fourth-order valence-corrected chi connectivity index (χ4v) is 4.88. The third-order valence-electron chi connectivity index (χ3n) is 6.40. The number of rotatable bonds is 4. The summed E-state index contributed by atoms with van der Waals surface area (Å²) in [6.07, 6.45) is 13.1. The first-order chi connectivity index (χ1) is 11.8.